The predicted octanol–water partition coefficient (Wildman–Crippen LogP) is 2.09. The third kappa shape index (κ3) is 4.19. The van der Waals surface area contributed by atoms with Crippen LogP contribution in [0.3, 0.4) is 0 Å². The lowest BCUT2D eigenvalue weighted by molar-refractivity contribution is 0.263. The molecule has 0 fully saturated rings. The number of aromatic nitrogens is 2. The zero-order valence-corrected chi connectivity index (χ0v) is 12.5. The summed E-state index contributed by atoms with van der Waals surface area (Å²) in [5.74, 6) is 0.209. The van der Waals surface area contributed by atoms with Crippen molar-refractivity contribution in [1.29, 1.82) is 0 Å². The monoisotopic (exact) mass is 291 g/mol. The van der Waals surface area contributed by atoms with E-state index < -0.39 is 10.0 Å². The van der Waals surface area contributed by atoms with Crippen molar-refractivity contribution in [1.82, 2.24) is 14.7 Å². The quantitative estimate of drug-likeness (QED) is 0.862. The van der Waals surface area contributed by atoms with Crippen LogP contribution in [0.4, 0.5) is 0 Å². The van der Waals surface area contributed by atoms with Gasteiger partial charge in [0.15, 0.2) is 0 Å². The number of nitrogens with zero attached hydrogens (tertiary/aromatic N) is 2. The minimum atomic E-state index is -3.57. The Balaban J connectivity index is 2.75. The van der Waals surface area contributed by atoms with Crippen LogP contribution in [0.15, 0.2) is 17.3 Å². The van der Waals surface area contributed by atoms with Crippen molar-refractivity contribution in [2.24, 2.45) is 11.3 Å². The van der Waals surface area contributed by atoms with Crippen LogP contribution in [0.5, 0.6) is 0 Å². The number of nitrogens with one attached hydrogen (secondary N) is 1. The van der Waals surface area contributed by atoms with Crippen molar-refractivity contribution >= 4 is 21.6 Å². The Hall–Kier alpha value is -0.720. The Morgan fingerprint density at radius 3 is 2.28 bits per heavy atom. The molecule has 18 heavy (non-hydrogen) atoms. The van der Waals surface area contributed by atoms with Crippen LogP contribution in [0.25, 0.3) is 0 Å². The summed E-state index contributed by atoms with van der Waals surface area (Å²) in [4.78, 5) is 7.33. The van der Waals surface area contributed by atoms with Crippen LogP contribution in [0, 0.1) is 11.3 Å². The molecule has 0 amide bonds. The molecule has 0 aliphatic heterocycles. The summed E-state index contributed by atoms with van der Waals surface area (Å²) in [5, 5.41) is 0.0250. The highest BCUT2D eigenvalue weighted by atomic mass is 35.5. The first kappa shape index (κ1) is 15.3. The molecule has 0 saturated carbocycles. The highest BCUT2D eigenvalue weighted by Gasteiger charge is 2.23. The molecule has 1 atom stereocenters. The molecule has 0 bridgehead atoms. The molecular weight excluding hydrogens is 274 g/mol. The van der Waals surface area contributed by atoms with Crippen molar-refractivity contribution in [2.45, 2.75) is 32.6 Å². The molecule has 7 heteroatoms. The van der Waals surface area contributed by atoms with Crippen LogP contribution >= 0.6 is 11.6 Å². The fraction of sp³-hybridized carbons (Fsp3) is 0.636. The van der Waals surface area contributed by atoms with Gasteiger partial charge in [0.1, 0.15) is 4.90 Å². The second-order valence-electron chi connectivity index (χ2n) is 5.31. The fourth-order valence-electron chi connectivity index (χ4n) is 1.06. The first-order chi connectivity index (χ1) is 8.13. The van der Waals surface area contributed by atoms with Gasteiger partial charge in [-0.25, -0.2) is 23.1 Å². The Morgan fingerprint density at radius 1 is 1.33 bits per heavy atom. The summed E-state index contributed by atoms with van der Waals surface area (Å²) in [7, 11) is -3.57. The summed E-state index contributed by atoms with van der Waals surface area (Å²) in [6.45, 7) is 8.57. The molecule has 102 valence electrons. The fourth-order valence-corrected chi connectivity index (χ4v) is 2.18. The number of sulfonamides is 1. The second kappa shape index (κ2) is 5.50. The molecule has 5 nitrogen and oxygen atoms in total. The molecule has 0 radical (unpaired) electrons. The maximum Gasteiger partial charge on any atom is 0.243 e. The van der Waals surface area contributed by atoms with E-state index >= 15 is 0 Å². The van der Waals surface area contributed by atoms with E-state index in [1.54, 1.807) is 0 Å². The van der Waals surface area contributed by atoms with Gasteiger partial charge in [-0.15, -0.1) is 0 Å². The lowest BCUT2D eigenvalue weighted by Gasteiger charge is -2.27. The second-order valence-corrected chi connectivity index (χ2v) is 7.41. The van der Waals surface area contributed by atoms with E-state index in [-0.39, 0.29) is 21.5 Å². The molecule has 1 N–H and O–H groups in total. The van der Waals surface area contributed by atoms with Crippen LogP contribution in [-0.2, 0) is 10.0 Å². The van der Waals surface area contributed by atoms with Crippen molar-refractivity contribution < 1.29 is 8.42 Å². The third-order valence-corrected chi connectivity index (χ3v) is 4.54. The molecule has 0 aromatic carbocycles. The molecule has 1 aromatic heterocycles. The van der Waals surface area contributed by atoms with Gasteiger partial charge in [-0.2, -0.15) is 0 Å². The molecule has 1 rings (SSSR count). The van der Waals surface area contributed by atoms with Crippen LogP contribution in [0.1, 0.15) is 27.7 Å². The van der Waals surface area contributed by atoms with Gasteiger partial charge < -0.3 is 0 Å². The van der Waals surface area contributed by atoms with Gasteiger partial charge in [0.05, 0.1) is 12.4 Å². The maximum absolute atomic E-state index is 11.9. The van der Waals surface area contributed by atoms with E-state index in [0.717, 1.165) is 0 Å². The van der Waals surface area contributed by atoms with Crippen molar-refractivity contribution in [2.75, 3.05) is 6.54 Å². The molecule has 0 aliphatic carbocycles. The Labute approximate surface area is 113 Å². The first-order valence-electron chi connectivity index (χ1n) is 5.60. The smallest absolute Gasteiger partial charge is 0.225 e. The molecule has 0 aliphatic rings. The SMILES string of the molecule is CC(CNS(=O)(=O)c1cnc(Cl)nc1)C(C)(C)C. The Bertz CT molecular complexity index is 494. The molecule has 1 heterocycles. The molecular formula is C11H18ClN3O2S. The number of hydrogen-bond donors (Lipinski definition) is 1. The maximum atomic E-state index is 11.9. The third-order valence-electron chi connectivity index (χ3n) is 2.96. The van der Waals surface area contributed by atoms with E-state index in [9.17, 15) is 8.42 Å². The predicted molar refractivity (Wildman–Crippen MR) is 70.8 cm³/mol. The van der Waals surface area contributed by atoms with Gasteiger partial charge in [-0.05, 0) is 22.9 Å². The van der Waals surface area contributed by atoms with E-state index in [2.05, 4.69) is 35.5 Å². The molecule has 1 aromatic rings. The summed E-state index contributed by atoms with van der Waals surface area (Å²) in [5.41, 5.74) is 0.0407. The van der Waals surface area contributed by atoms with Crippen molar-refractivity contribution in [3.8, 4) is 0 Å². The summed E-state index contributed by atoms with van der Waals surface area (Å²) in [6.07, 6.45) is 2.39. The molecule has 0 saturated heterocycles. The van der Waals surface area contributed by atoms with Gasteiger partial charge in [-0.1, -0.05) is 27.7 Å². The van der Waals surface area contributed by atoms with E-state index in [0.29, 0.717) is 6.54 Å². The summed E-state index contributed by atoms with van der Waals surface area (Å²) in [6, 6.07) is 0. The minimum Gasteiger partial charge on any atom is -0.225 e. The highest BCUT2D eigenvalue weighted by molar-refractivity contribution is 7.89. The average molecular weight is 292 g/mol. The summed E-state index contributed by atoms with van der Waals surface area (Å²) >= 11 is 5.51. The van der Waals surface area contributed by atoms with Gasteiger partial charge >= 0.3 is 0 Å². The number of halogens is 1. The molecule has 0 spiro atoms. The highest BCUT2D eigenvalue weighted by Crippen LogP contribution is 2.24. The largest absolute Gasteiger partial charge is 0.243 e. The van der Waals surface area contributed by atoms with Crippen molar-refractivity contribution in [3.05, 3.63) is 17.7 Å². The minimum absolute atomic E-state index is 0.0213. The zero-order valence-electron chi connectivity index (χ0n) is 10.9. The van der Waals surface area contributed by atoms with E-state index in [1.807, 2.05) is 6.92 Å². The topological polar surface area (TPSA) is 72.0 Å². The van der Waals surface area contributed by atoms with E-state index in [4.69, 9.17) is 11.6 Å². The van der Waals surface area contributed by atoms with Crippen LogP contribution in [0.2, 0.25) is 5.28 Å². The zero-order chi connectivity index (χ0) is 14.0. The van der Waals surface area contributed by atoms with Gasteiger partial charge in [0.25, 0.3) is 0 Å². The van der Waals surface area contributed by atoms with Crippen LogP contribution < -0.4 is 4.72 Å². The number of rotatable bonds is 4. The lowest BCUT2D eigenvalue weighted by Crippen LogP contribution is -2.33. The molecule has 1 unspecified atom stereocenters. The van der Waals surface area contributed by atoms with Gasteiger partial charge in [-0.3, -0.25) is 0 Å². The Morgan fingerprint density at radius 2 is 1.83 bits per heavy atom. The average Bonchev–Trinajstić information content (AvgIpc) is 2.25. The van der Waals surface area contributed by atoms with E-state index in [1.165, 1.54) is 12.4 Å². The van der Waals surface area contributed by atoms with Gasteiger partial charge in [0.2, 0.25) is 15.3 Å². The Kier molecular flexibility index (Phi) is 4.69. The first-order valence-corrected chi connectivity index (χ1v) is 7.46. The van der Waals surface area contributed by atoms with Crippen LogP contribution in [-0.4, -0.2) is 24.9 Å². The van der Waals surface area contributed by atoms with Gasteiger partial charge in [0, 0.05) is 6.54 Å². The standard InChI is InChI=1S/C11H18ClN3O2S/c1-8(11(2,3)4)5-15-18(16,17)9-6-13-10(12)14-7-9/h6-8,15H,5H2,1-4H3. The van der Waals surface area contributed by atoms with Crippen molar-refractivity contribution in [3.63, 3.8) is 0 Å². The lowest BCUT2D eigenvalue weighted by atomic mass is 9.82. The number of hydrogen-bond acceptors (Lipinski definition) is 4. The normalized spacial score (nSPS) is 14.5. The summed E-state index contributed by atoms with van der Waals surface area (Å²) < 4.78 is 26.4.